The Morgan fingerprint density at radius 3 is 2.30 bits per heavy atom. The number of carbonyl (C=O) groups excluding carboxylic acids is 2. The van der Waals surface area contributed by atoms with E-state index in [1.54, 1.807) is 0 Å². The van der Waals surface area contributed by atoms with Gasteiger partial charge in [0.05, 0.1) is 0 Å². The molecule has 0 fully saturated rings. The maximum Gasteiger partial charge on any atom is 0.365 e. The van der Waals surface area contributed by atoms with Crippen LogP contribution < -0.4 is 0 Å². The van der Waals surface area contributed by atoms with E-state index in [1.807, 2.05) is 0 Å². The maximum absolute atomic E-state index is 10.4. The summed E-state index contributed by atoms with van der Waals surface area (Å²) in [4.78, 5) is 20.6. The van der Waals surface area contributed by atoms with E-state index in [9.17, 15) is 9.59 Å². The normalized spacial score (nSPS) is 11.9. The predicted molar refractivity (Wildman–Crippen MR) is 33.2 cm³/mol. The van der Waals surface area contributed by atoms with Gasteiger partial charge in [-0.3, -0.25) is 4.79 Å². The molecule has 0 saturated carbocycles. The lowest BCUT2D eigenvalue weighted by Gasteiger charge is -2.05. The summed E-state index contributed by atoms with van der Waals surface area (Å²) >= 11 is 4.69. The molecule has 4 nitrogen and oxygen atoms in total. The molecule has 0 aliphatic carbocycles. The van der Waals surface area contributed by atoms with E-state index in [-0.39, 0.29) is 0 Å². The van der Waals surface area contributed by atoms with Crippen molar-refractivity contribution in [3.63, 3.8) is 0 Å². The Labute approximate surface area is 63.2 Å². The van der Waals surface area contributed by atoms with Crippen molar-refractivity contribution in [1.82, 2.24) is 0 Å². The highest BCUT2D eigenvalue weighted by Gasteiger charge is 2.16. The second-order valence-corrected chi connectivity index (χ2v) is 1.80. The third-order valence-corrected chi connectivity index (χ3v) is 0.903. The summed E-state index contributed by atoms with van der Waals surface area (Å²) in [6.45, 7) is 2.56. The average Bonchev–Trinajstić information content (AvgIpc) is 1.85. The van der Waals surface area contributed by atoms with Crippen molar-refractivity contribution in [3.05, 3.63) is 0 Å². The van der Waals surface area contributed by atoms with E-state index in [1.165, 1.54) is 13.8 Å². The van der Waals surface area contributed by atoms with Crippen molar-refractivity contribution in [2.75, 3.05) is 0 Å². The molecule has 0 aromatic heterocycles. The lowest BCUT2D eigenvalue weighted by atomic mass is 10.4. The number of rotatable bonds is 2. The largest absolute Gasteiger partial charge is 0.451 e. The first-order valence-electron chi connectivity index (χ1n) is 2.57. The number of hydrogen-bond donors (Lipinski definition) is 0. The minimum atomic E-state index is -0.935. The highest BCUT2D eigenvalue weighted by molar-refractivity contribution is 6.13. The van der Waals surface area contributed by atoms with Gasteiger partial charge in [-0.15, -0.1) is 0 Å². The van der Waals surface area contributed by atoms with Crippen LogP contribution in [0.15, 0.2) is 0 Å². The van der Waals surface area contributed by atoms with Crippen LogP contribution in [0.1, 0.15) is 13.8 Å². The molecule has 5 heteroatoms. The highest BCUT2D eigenvalue weighted by atomic mass is 35.5. The molecule has 0 amide bonds. The van der Waals surface area contributed by atoms with Crippen LogP contribution in [0.5, 0.6) is 0 Å². The molecule has 0 bridgehead atoms. The molecule has 0 unspecified atom stereocenters. The van der Waals surface area contributed by atoms with Crippen LogP contribution in [0.25, 0.3) is 0 Å². The van der Waals surface area contributed by atoms with Crippen molar-refractivity contribution < 1.29 is 18.6 Å². The minimum absolute atomic E-state index is 0.547. The summed E-state index contributed by atoms with van der Waals surface area (Å²) in [6.07, 6.45) is -0.935. The van der Waals surface area contributed by atoms with E-state index in [0.29, 0.717) is 0 Å². The van der Waals surface area contributed by atoms with Crippen LogP contribution in [0.3, 0.4) is 0 Å². The van der Waals surface area contributed by atoms with Gasteiger partial charge < -0.3 is 9.03 Å². The third kappa shape index (κ3) is 3.29. The summed E-state index contributed by atoms with van der Waals surface area (Å²) in [6, 6.07) is 0. The van der Waals surface area contributed by atoms with Crippen molar-refractivity contribution in [1.29, 1.82) is 0 Å². The van der Waals surface area contributed by atoms with Gasteiger partial charge in [-0.2, -0.15) is 0 Å². The van der Waals surface area contributed by atoms with Crippen LogP contribution in [0.2, 0.25) is 0 Å². The lowest BCUT2D eigenvalue weighted by molar-refractivity contribution is -0.159. The standard InChI is InChI=1S/C5H7ClO4/c1-3(5(8)10-6)9-4(2)7/h3H,1-2H3/t3-/m0/s1. The first-order chi connectivity index (χ1) is 4.57. The van der Waals surface area contributed by atoms with E-state index >= 15 is 0 Å². The molecule has 0 aromatic rings. The summed E-state index contributed by atoms with van der Waals surface area (Å²) in [5.74, 6) is -1.33. The molecule has 10 heavy (non-hydrogen) atoms. The van der Waals surface area contributed by atoms with Crippen LogP contribution in [0, 0.1) is 0 Å². The molecule has 0 rings (SSSR count). The Bertz CT molecular complexity index is 145. The first-order valence-corrected chi connectivity index (χ1v) is 2.88. The van der Waals surface area contributed by atoms with Crippen molar-refractivity contribution in [2.24, 2.45) is 0 Å². The van der Waals surface area contributed by atoms with Crippen molar-refractivity contribution in [2.45, 2.75) is 20.0 Å². The quantitative estimate of drug-likeness (QED) is 0.565. The van der Waals surface area contributed by atoms with E-state index in [2.05, 4.69) is 20.9 Å². The van der Waals surface area contributed by atoms with E-state index < -0.39 is 18.0 Å². The molecule has 58 valence electrons. The van der Waals surface area contributed by atoms with E-state index in [4.69, 9.17) is 0 Å². The zero-order chi connectivity index (χ0) is 8.15. The molecule has 0 saturated heterocycles. The van der Waals surface area contributed by atoms with Crippen LogP contribution >= 0.6 is 11.9 Å². The van der Waals surface area contributed by atoms with Crippen molar-refractivity contribution >= 4 is 23.8 Å². The number of esters is 1. The average molecular weight is 167 g/mol. The Morgan fingerprint density at radius 2 is 2.00 bits per heavy atom. The predicted octanol–water partition coefficient (Wildman–Crippen LogP) is 0.635. The Balaban J connectivity index is 3.72. The molecule has 0 spiro atoms. The van der Waals surface area contributed by atoms with Gasteiger partial charge in [0.25, 0.3) is 0 Å². The molecule has 0 aliphatic heterocycles. The molecule has 0 aliphatic rings. The summed E-state index contributed by atoms with van der Waals surface area (Å²) in [7, 11) is 0. The van der Waals surface area contributed by atoms with Gasteiger partial charge in [-0.1, -0.05) is 0 Å². The maximum atomic E-state index is 10.4. The van der Waals surface area contributed by atoms with Gasteiger partial charge in [0, 0.05) is 6.92 Å². The molecule has 0 aromatic carbocycles. The fourth-order valence-corrected chi connectivity index (χ4v) is 0.485. The third-order valence-electron chi connectivity index (χ3n) is 0.751. The van der Waals surface area contributed by atoms with Gasteiger partial charge in [-0.05, 0) is 6.92 Å². The molecule has 0 N–H and O–H groups in total. The second kappa shape index (κ2) is 4.11. The summed E-state index contributed by atoms with van der Waals surface area (Å²) < 4.78 is 8.17. The van der Waals surface area contributed by atoms with Gasteiger partial charge >= 0.3 is 11.9 Å². The van der Waals surface area contributed by atoms with Crippen molar-refractivity contribution in [3.8, 4) is 0 Å². The van der Waals surface area contributed by atoms with Gasteiger partial charge in [-0.25, -0.2) is 4.79 Å². The topological polar surface area (TPSA) is 52.6 Å². The second-order valence-electron chi connectivity index (χ2n) is 1.65. The van der Waals surface area contributed by atoms with Gasteiger partial charge in [0.2, 0.25) is 0 Å². The van der Waals surface area contributed by atoms with Crippen LogP contribution in [-0.2, 0) is 18.6 Å². The van der Waals surface area contributed by atoms with Gasteiger partial charge in [0.15, 0.2) is 6.10 Å². The Hall–Kier alpha value is -0.770. The lowest BCUT2D eigenvalue weighted by Crippen LogP contribution is -2.22. The Kier molecular flexibility index (Phi) is 3.79. The van der Waals surface area contributed by atoms with Crippen LogP contribution in [0.4, 0.5) is 0 Å². The number of carbonyl (C=O) groups is 2. The molecule has 0 heterocycles. The molecule has 0 radical (unpaired) electrons. The first kappa shape index (κ1) is 9.23. The smallest absolute Gasteiger partial charge is 0.365 e. The zero-order valence-corrected chi connectivity index (χ0v) is 6.34. The number of hydrogen-bond acceptors (Lipinski definition) is 4. The Morgan fingerprint density at radius 1 is 1.50 bits per heavy atom. The van der Waals surface area contributed by atoms with Gasteiger partial charge in [0.1, 0.15) is 11.9 Å². The van der Waals surface area contributed by atoms with Crippen LogP contribution in [-0.4, -0.2) is 18.0 Å². The summed E-state index contributed by atoms with van der Waals surface area (Å²) in [5, 5.41) is 0. The zero-order valence-electron chi connectivity index (χ0n) is 5.59. The SMILES string of the molecule is CC(=O)O[C@@H](C)C(=O)OCl. The monoisotopic (exact) mass is 166 g/mol. The number of ether oxygens (including phenoxy) is 1. The van der Waals surface area contributed by atoms with E-state index in [0.717, 1.165) is 0 Å². The fraction of sp³-hybridized carbons (Fsp3) is 0.600. The molecular weight excluding hydrogens is 160 g/mol. The highest BCUT2D eigenvalue weighted by Crippen LogP contribution is 1.96. The summed E-state index contributed by atoms with van der Waals surface area (Å²) in [5.41, 5.74) is 0. The number of halogens is 1. The fourth-order valence-electron chi connectivity index (χ4n) is 0.360. The molecular formula is C5H7ClO4. The molecule has 1 atom stereocenters. The minimum Gasteiger partial charge on any atom is -0.451 e.